The van der Waals surface area contributed by atoms with Crippen molar-refractivity contribution in [2.45, 2.75) is 51.3 Å². The van der Waals surface area contributed by atoms with E-state index in [-0.39, 0.29) is 11.9 Å². The molecule has 1 amide bonds. The van der Waals surface area contributed by atoms with Crippen LogP contribution in [-0.2, 0) is 22.7 Å². The zero-order valence-electron chi connectivity index (χ0n) is 12.8. The fraction of sp³-hybridized carbons (Fsp3) is 0.588. The Kier molecular flexibility index (Phi) is 6.21. The Bertz CT molecular complexity index is 462. The molecule has 2 atom stereocenters. The number of nitrogens with two attached hydrogens (primary N) is 1. The molecule has 1 aliphatic rings. The summed E-state index contributed by atoms with van der Waals surface area (Å²) in [4.78, 5) is 12.0. The fourth-order valence-corrected chi connectivity index (χ4v) is 3.00. The number of nitrogens with one attached hydrogen (secondary N) is 1. The van der Waals surface area contributed by atoms with E-state index >= 15 is 0 Å². The topological polar surface area (TPSA) is 64.3 Å². The first-order valence-electron chi connectivity index (χ1n) is 7.78. The third-order valence-corrected chi connectivity index (χ3v) is 4.21. The number of benzene rings is 1. The summed E-state index contributed by atoms with van der Waals surface area (Å²) >= 11 is 0. The third kappa shape index (κ3) is 5.14. The Morgan fingerprint density at radius 2 is 2.10 bits per heavy atom. The van der Waals surface area contributed by atoms with Crippen molar-refractivity contribution in [3.8, 4) is 0 Å². The summed E-state index contributed by atoms with van der Waals surface area (Å²) in [6, 6.07) is 8.29. The van der Waals surface area contributed by atoms with E-state index < -0.39 is 0 Å². The van der Waals surface area contributed by atoms with Gasteiger partial charge in [-0.3, -0.25) is 4.79 Å². The minimum atomic E-state index is 0.106. The van der Waals surface area contributed by atoms with Gasteiger partial charge in [-0.1, -0.05) is 37.1 Å². The molecule has 1 aliphatic carbocycles. The summed E-state index contributed by atoms with van der Waals surface area (Å²) in [5, 5.41) is 3.00. The van der Waals surface area contributed by atoms with Crippen LogP contribution in [0.2, 0.25) is 0 Å². The average Bonchev–Trinajstić information content (AvgIpc) is 2.48. The summed E-state index contributed by atoms with van der Waals surface area (Å²) in [6.07, 6.45) is 5.09. The molecule has 2 rings (SSSR count). The molecular weight excluding hydrogens is 264 g/mol. The predicted octanol–water partition coefficient (Wildman–Crippen LogP) is 2.36. The van der Waals surface area contributed by atoms with Crippen molar-refractivity contribution in [1.29, 1.82) is 0 Å². The maximum absolute atomic E-state index is 12.0. The Hall–Kier alpha value is -1.39. The van der Waals surface area contributed by atoms with Crippen LogP contribution in [0.25, 0.3) is 0 Å². The molecule has 4 nitrogen and oxygen atoms in total. The zero-order valence-corrected chi connectivity index (χ0v) is 12.8. The lowest BCUT2D eigenvalue weighted by atomic mass is 9.83. The van der Waals surface area contributed by atoms with E-state index in [0.29, 0.717) is 25.5 Å². The molecule has 3 N–H and O–H groups in total. The van der Waals surface area contributed by atoms with Crippen molar-refractivity contribution in [3.05, 3.63) is 35.4 Å². The number of hydrogen-bond donors (Lipinski definition) is 2. The molecule has 1 fully saturated rings. The highest BCUT2D eigenvalue weighted by molar-refractivity contribution is 5.76. The quantitative estimate of drug-likeness (QED) is 0.845. The molecule has 2 unspecified atom stereocenters. The highest BCUT2D eigenvalue weighted by atomic mass is 16.5. The number of amides is 1. The number of ether oxygens (including phenoxy) is 1. The van der Waals surface area contributed by atoms with E-state index in [2.05, 4.69) is 11.4 Å². The smallest absolute Gasteiger partial charge is 0.220 e. The highest BCUT2D eigenvalue weighted by Gasteiger charge is 2.23. The van der Waals surface area contributed by atoms with Gasteiger partial charge >= 0.3 is 0 Å². The van der Waals surface area contributed by atoms with Crippen LogP contribution < -0.4 is 11.1 Å². The monoisotopic (exact) mass is 290 g/mol. The standard InChI is InChI=1S/C17H26N2O2/c1-21-12-14-6-4-5-13(9-14)11-19-17(20)10-15-7-2-3-8-16(15)18/h4-6,9,15-16H,2-3,7-8,10-12,18H2,1H3,(H,19,20). The Morgan fingerprint density at radius 3 is 2.86 bits per heavy atom. The van der Waals surface area contributed by atoms with Crippen molar-refractivity contribution in [1.82, 2.24) is 5.32 Å². The maximum atomic E-state index is 12.0. The van der Waals surface area contributed by atoms with Crippen LogP contribution in [0.3, 0.4) is 0 Å². The number of carbonyl (C=O) groups is 1. The predicted molar refractivity (Wildman–Crippen MR) is 83.6 cm³/mol. The van der Waals surface area contributed by atoms with Crippen molar-refractivity contribution >= 4 is 5.91 Å². The van der Waals surface area contributed by atoms with E-state index in [1.54, 1.807) is 7.11 Å². The first-order chi connectivity index (χ1) is 10.2. The second-order valence-electron chi connectivity index (χ2n) is 5.94. The number of carbonyl (C=O) groups excluding carboxylic acids is 1. The van der Waals surface area contributed by atoms with Crippen LogP contribution in [0.5, 0.6) is 0 Å². The molecule has 21 heavy (non-hydrogen) atoms. The van der Waals surface area contributed by atoms with Crippen molar-refractivity contribution in [2.75, 3.05) is 7.11 Å². The van der Waals surface area contributed by atoms with Gasteiger partial charge in [0.25, 0.3) is 0 Å². The lowest BCUT2D eigenvalue weighted by molar-refractivity contribution is -0.122. The number of methoxy groups -OCH3 is 1. The lowest BCUT2D eigenvalue weighted by Crippen LogP contribution is -2.37. The molecule has 0 radical (unpaired) electrons. The minimum Gasteiger partial charge on any atom is -0.380 e. The van der Waals surface area contributed by atoms with Gasteiger partial charge in [-0.15, -0.1) is 0 Å². The molecule has 1 aromatic carbocycles. The van der Waals surface area contributed by atoms with Crippen LogP contribution in [0, 0.1) is 5.92 Å². The van der Waals surface area contributed by atoms with Gasteiger partial charge in [0.05, 0.1) is 6.61 Å². The van der Waals surface area contributed by atoms with Crippen LogP contribution in [-0.4, -0.2) is 19.1 Å². The van der Waals surface area contributed by atoms with E-state index in [1.807, 2.05) is 18.2 Å². The SMILES string of the molecule is COCc1cccc(CNC(=O)CC2CCCCC2N)c1. The highest BCUT2D eigenvalue weighted by Crippen LogP contribution is 2.25. The second-order valence-corrected chi connectivity index (χ2v) is 5.94. The van der Waals surface area contributed by atoms with E-state index in [1.165, 1.54) is 12.8 Å². The first-order valence-corrected chi connectivity index (χ1v) is 7.78. The molecular formula is C17H26N2O2. The van der Waals surface area contributed by atoms with Crippen molar-refractivity contribution in [2.24, 2.45) is 11.7 Å². The molecule has 116 valence electrons. The van der Waals surface area contributed by atoms with Gasteiger partial charge in [0.1, 0.15) is 0 Å². The van der Waals surface area contributed by atoms with E-state index in [4.69, 9.17) is 10.5 Å². The Balaban J connectivity index is 1.79. The molecule has 1 saturated carbocycles. The van der Waals surface area contributed by atoms with Crippen LogP contribution >= 0.6 is 0 Å². The maximum Gasteiger partial charge on any atom is 0.220 e. The largest absolute Gasteiger partial charge is 0.380 e. The molecule has 4 heteroatoms. The molecule has 0 aromatic heterocycles. The molecule has 0 aliphatic heterocycles. The third-order valence-electron chi connectivity index (χ3n) is 4.21. The first kappa shape index (κ1) is 16.0. The molecule has 0 bridgehead atoms. The van der Waals surface area contributed by atoms with Gasteiger partial charge in [-0.25, -0.2) is 0 Å². The van der Waals surface area contributed by atoms with Crippen LogP contribution in [0.1, 0.15) is 43.2 Å². The van der Waals surface area contributed by atoms with Gasteiger partial charge in [-0.05, 0) is 29.9 Å². The summed E-state index contributed by atoms with van der Waals surface area (Å²) < 4.78 is 5.12. The number of rotatable bonds is 6. The van der Waals surface area contributed by atoms with Gasteiger partial charge in [0, 0.05) is 26.1 Å². The lowest BCUT2D eigenvalue weighted by Gasteiger charge is -2.27. The summed E-state index contributed by atoms with van der Waals surface area (Å²) in [5.41, 5.74) is 8.32. The minimum absolute atomic E-state index is 0.106. The van der Waals surface area contributed by atoms with Gasteiger partial charge in [0.2, 0.25) is 5.91 Å². The summed E-state index contributed by atoms with van der Waals surface area (Å²) in [7, 11) is 1.68. The van der Waals surface area contributed by atoms with Crippen LogP contribution in [0.4, 0.5) is 0 Å². The number of hydrogen-bond acceptors (Lipinski definition) is 3. The van der Waals surface area contributed by atoms with Crippen LogP contribution in [0.15, 0.2) is 24.3 Å². The Morgan fingerprint density at radius 1 is 1.33 bits per heavy atom. The normalized spacial score (nSPS) is 22.0. The van der Waals surface area contributed by atoms with E-state index in [0.717, 1.165) is 24.0 Å². The van der Waals surface area contributed by atoms with Gasteiger partial charge in [-0.2, -0.15) is 0 Å². The Labute approximate surface area is 127 Å². The molecule has 0 spiro atoms. The van der Waals surface area contributed by atoms with Crippen molar-refractivity contribution in [3.63, 3.8) is 0 Å². The summed E-state index contributed by atoms with van der Waals surface area (Å²) in [5.74, 6) is 0.452. The zero-order chi connectivity index (χ0) is 15.1. The van der Waals surface area contributed by atoms with Gasteiger partial charge in [0.15, 0.2) is 0 Å². The van der Waals surface area contributed by atoms with Crippen molar-refractivity contribution < 1.29 is 9.53 Å². The van der Waals surface area contributed by atoms with E-state index in [9.17, 15) is 4.79 Å². The molecule has 0 heterocycles. The molecule has 1 aromatic rings. The molecule has 0 saturated heterocycles. The summed E-state index contributed by atoms with van der Waals surface area (Å²) in [6.45, 7) is 1.16. The fourth-order valence-electron chi connectivity index (χ4n) is 3.00. The average molecular weight is 290 g/mol. The second kappa shape index (κ2) is 8.15. The van der Waals surface area contributed by atoms with Gasteiger partial charge < -0.3 is 15.8 Å².